The first-order valence-corrected chi connectivity index (χ1v) is 10.3. The molecule has 0 saturated carbocycles. The summed E-state index contributed by atoms with van der Waals surface area (Å²) in [4.78, 5) is 35.7. The lowest BCUT2D eigenvalue weighted by molar-refractivity contribution is -0.114. The SMILES string of the molecule is CCCOC(=O)c1ccc(NC(=O)CSCC(=O)Nc2ccc(OC)cc2)cc1. The lowest BCUT2D eigenvalue weighted by Gasteiger charge is -2.08. The number of rotatable bonds is 10. The van der Waals surface area contributed by atoms with Crippen molar-refractivity contribution in [3.8, 4) is 5.75 Å². The van der Waals surface area contributed by atoms with Gasteiger partial charge >= 0.3 is 5.97 Å². The Bertz CT molecular complexity index is 822. The first-order chi connectivity index (χ1) is 14.0. The maximum atomic E-state index is 12.0. The number of methoxy groups -OCH3 is 1. The lowest BCUT2D eigenvalue weighted by atomic mass is 10.2. The second kappa shape index (κ2) is 11.8. The Balaban J connectivity index is 1.70. The zero-order valence-corrected chi connectivity index (χ0v) is 17.2. The third-order valence-electron chi connectivity index (χ3n) is 3.68. The summed E-state index contributed by atoms with van der Waals surface area (Å²) in [6, 6.07) is 13.5. The molecule has 0 aromatic heterocycles. The third-order valence-corrected chi connectivity index (χ3v) is 4.61. The Labute approximate surface area is 174 Å². The first-order valence-electron chi connectivity index (χ1n) is 9.10. The smallest absolute Gasteiger partial charge is 0.338 e. The molecule has 0 fully saturated rings. The predicted octanol–water partition coefficient (Wildman–Crippen LogP) is 3.57. The molecule has 0 aliphatic rings. The summed E-state index contributed by atoms with van der Waals surface area (Å²) in [7, 11) is 1.57. The molecule has 0 heterocycles. The fraction of sp³-hybridized carbons (Fsp3) is 0.286. The summed E-state index contributed by atoms with van der Waals surface area (Å²) >= 11 is 1.21. The average Bonchev–Trinajstić information content (AvgIpc) is 2.73. The number of benzene rings is 2. The van der Waals surface area contributed by atoms with Crippen LogP contribution >= 0.6 is 11.8 Å². The fourth-order valence-electron chi connectivity index (χ4n) is 2.27. The molecule has 8 heteroatoms. The van der Waals surface area contributed by atoms with Crippen molar-refractivity contribution in [1.82, 2.24) is 0 Å². The van der Waals surface area contributed by atoms with Gasteiger partial charge in [0.25, 0.3) is 0 Å². The number of esters is 1. The molecule has 0 aliphatic carbocycles. The Morgan fingerprint density at radius 2 is 1.38 bits per heavy atom. The largest absolute Gasteiger partial charge is 0.497 e. The van der Waals surface area contributed by atoms with Crippen LogP contribution in [0.4, 0.5) is 11.4 Å². The zero-order chi connectivity index (χ0) is 21.1. The monoisotopic (exact) mass is 416 g/mol. The van der Waals surface area contributed by atoms with Gasteiger partial charge < -0.3 is 20.1 Å². The van der Waals surface area contributed by atoms with Crippen LogP contribution in [0.3, 0.4) is 0 Å². The van der Waals surface area contributed by atoms with E-state index < -0.39 is 0 Å². The molecular formula is C21H24N2O5S. The fourth-order valence-corrected chi connectivity index (χ4v) is 2.89. The summed E-state index contributed by atoms with van der Waals surface area (Å²) in [6.07, 6.45) is 0.760. The van der Waals surface area contributed by atoms with Crippen molar-refractivity contribution < 1.29 is 23.9 Å². The topological polar surface area (TPSA) is 93.7 Å². The average molecular weight is 416 g/mol. The van der Waals surface area contributed by atoms with Crippen LogP contribution in [-0.2, 0) is 14.3 Å². The van der Waals surface area contributed by atoms with E-state index in [-0.39, 0.29) is 29.3 Å². The van der Waals surface area contributed by atoms with Crippen molar-refractivity contribution >= 4 is 40.9 Å². The minimum Gasteiger partial charge on any atom is -0.497 e. The predicted molar refractivity (Wildman–Crippen MR) is 115 cm³/mol. The van der Waals surface area contributed by atoms with Crippen molar-refractivity contribution in [3.63, 3.8) is 0 Å². The summed E-state index contributed by atoms with van der Waals surface area (Å²) in [5.41, 5.74) is 1.67. The number of carbonyl (C=O) groups excluding carboxylic acids is 3. The standard InChI is InChI=1S/C21H24N2O5S/c1-3-12-28-21(26)15-4-6-16(7-5-15)22-19(24)13-29-14-20(25)23-17-8-10-18(27-2)11-9-17/h4-11H,3,12-14H2,1-2H3,(H,22,24)(H,23,25). The number of carbonyl (C=O) groups is 3. The second-order valence-electron chi connectivity index (χ2n) is 6.03. The number of nitrogens with one attached hydrogen (secondary N) is 2. The van der Waals surface area contributed by atoms with Gasteiger partial charge in [-0.25, -0.2) is 4.79 Å². The molecule has 0 aliphatic heterocycles. The van der Waals surface area contributed by atoms with E-state index in [1.807, 2.05) is 6.92 Å². The van der Waals surface area contributed by atoms with Crippen LogP contribution in [0, 0.1) is 0 Å². The first kappa shape index (κ1) is 22.3. The molecule has 0 atom stereocenters. The molecule has 154 valence electrons. The number of amides is 2. The number of anilines is 2. The van der Waals surface area contributed by atoms with Gasteiger partial charge in [-0.2, -0.15) is 0 Å². The van der Waals surface area contributed by atoms with E-state index in [1.54, 1.807) is 55.6 Å². The van der Waals surface area contributed by atoms with Gasteiger partial charge in [0.1, 0.15) is 5.75 Å². The second-order valence-corrected chi connectivity index (χ2v) is 7.02. The summed E-state index contributed by atoms with van der Waals surface area (Å²) in [5.74, 6) is 0.192. The molecule has 0 bridgehead atoms. The van der Waals surface area contributed by atoms with E-state index in [9.17, 15) is 14.4 Å². The van der Waals surface area contributed by atoms with Gasteiger partial charge in [-0.05, 0) is 55.0 Å². The van der Waals surface area contributed by atoms with Crippen LogP contribution in [0.25, 0.3) is 0 Å². The van der Waals surface area contributed by atoms with E-state index in [0.717, 1.165) is 6.42 Å². The lowest BCUT2D eigenvalue weighted by Crippen LogP contribution is -2.18. The molecule has 2 amide bonds. The molecule has 0 saturated heterocycles. The molecule has 7 nitrogen and oxygen atoms in total. The van der Waals surface area contributed by atoms with Gasteiger partial charge in [-0.15, -0.1) is 11.8 Å². The maximum absolute atomic E-state index is 12.0. The summed E-state index contributed by atoms with van der Waals surface area (Å²) in [5, 5.41) is 5.49. The van der Waals surface area contributed by atoms with Gasteiger partial charge in [0.2, 0.25) is 11.8 Å². The molecule has 2 N–H and O–H groups in total. The van der Waals surface area contributed by atoms with E-state index in [4.69, 9.17) is 9.47 Å². The maximum Gasteiger partial charge on any atom is 0.338 e. The quantitative estimate of drug-likeness (QED) is 0.575. The zero-order valence-electron chi connectivity index (χ0n) is 16.4. The van der Waals surface area contributed by atoms with Gasteiger partial charge in [-0.1, -0.05) is 6.92 Å². The van der Waals surface area contributed by atoms with Gasteiger partial charge in [0, 0.05) is 11.4 Å². The Kier molecular flexibility index (Phi) is 9.04. The highest BCUT2D eigenvalue weighted by molar-refractivity contribution is 8.00. The highest BCUT2D eigenvalue weighted by Crippen LogP contribution is 2.16. The van der Waals surface area contributed by atoms with Crippen molar-refractivity contribution in [2.45, 2.75) is 13.3 Å². The molecule has 2 aromatic rings. The minimum atomic E-state index is -0.386. The van der Waals surface area contributed by atoms with Crippen LogP contribution in [-0.4, -0.2) is 43.0 Å². The van der Waals surface area contributed by atoms with E-state index in [0.29, 0.717) is 29.3 Å². The number of thioether (sulfide) groups is 1. The number of ether oxygens (including phenoxy) is 2. The van der Waals surface area contributed by atoms with Crippen molar-refractivity contribution in [2.75, 3.05) is 35.9 Å². The minimum absolute atomic E-state index is 0.135. The molecule has 29 heavy (non-hydrogen) atoms. The van der Waals surface area contributed by atoms with Gasteiger partial charge in [-0.3, -0.25) is 9.59 Å². The van der Waals surface area contributed by atoms with Crippen molar-refractivity contribution in [3.05, 3.63) is 54.1 Å². The van der Waals surface area contributed by atoms with E-state index in [1.165, 1.54) is 11.8 Å². The van der Waals surface area contributed by atoms with Crippen molar-refractivity contribution in [2.24, 2.45) is 0 Å². The van der Waals surface area contributed by atoms with Gasteiger partial charge in [0.15, 0.2) is 0 Å². The summed E-state index contributed by atoms with van der Waals surface area (Å²) in [6.45, 7) is 2.30. The van der Waals surface area contributed by atoms with E-state index in [2.05, 4.69) is 10.6 Å². The molecule has 0 spiro atoms. The van der Waals surface area contributed by atoms with Crippen LogP contribution in [0.2, 0.25) is 0 Å². The Morgan fingerprint density at radius 1 is 0.862 bits per heavy atom. The van der Waals surface area contributed by atoms with Crippen molar-refractivity contribution in [1.29, 1.82) is 0 Å². The van der Waals surface area contributed by atoms with Crippen LogP contribution < -0.4 is 15.4 Å². The highest BCUT2D eigenvalue weighted by Gasteiger charge is 2.09. The van der Waals surface area contributed by atoms with Crippen LogP contribution in [0.1, 0.15) is 23.7 Å². The number of hydrogen-bond donors (Lipinski definition) is 2. The van der Waals surface area contributed by atoms with Crippen LogP contribution in [0.5, 0.6) is 5.75 Å². The van der Waals surface area contributed by atoms with E-state index >= 15 is 0 Å². The molecular weight excluding hydrogens is 392 g/mol. The Morgan fingerprint density at radius 3 is 1.86 bits per heavy atom. The molecule has 0 unspecified atom stereocenters. The van der Waals surface area contributed by atoms with Crippen LogP contribution in [0.15, 0.2) is 48.5 Å². The molecule has 2 aromatic carbocycles. The molecule has 2 rings (SSSR count). The molecule has 0 radical (unpaired) electrons. The number of hydrogen-bond acceptors (Lipinski definition) is 6. The Hall–Kier alpha value is -3.00. The normalized spacial score (nSPS) is 10.1. The summed E-state index contributed by atoms with van der Waals surface area (Å²) < 4.78 is 10.1. The third kappa shape index (κ3) is 7.87. The van der Waals surface area contributed by atoms with Gasteiger partial charge in [0.05, 0.1) is 30.8 Å². The highest BCUT2D eigenvalue weighted by atomic mass is 32.2.